The van der Waals surface area contributed by atoms with E-state index in [2.05, 4.69) is 5.92 Å². The fraction of sp³-hybridized carbons (Fsp3) is 0.625. The molecular weight excluding hydrogens is 144 g/mol. The highest BCUT2D eigenvalue weighted by molar-refractivity contribution is 5.73. The van der Waals surface area contributed by atoms with E-state index in [4.69, 9.17) is 16.3 Å². The highest BCUT2D eigenvalue weighted by Crippen LogP contribution is 1.98. The molecular formula is C8H12O3. The molecule has 0 amide bonds. The van der Waals surface area contributed by atoms with E-state index in [1.807, 2.05) is 0 Å². The van der Waals surface area contributed by atoms with Crippen LogP contribution in [0.15, 0.2) is 0 Å². The normalized spacial score (nSPS) is 14.7. The average Bonchev–Trinajstić information content (AvgIpc) is 1.87. The van der Waals surface area contributed by atoms with Crippen LogP contribution in [-0.4, -0.2) is 23.3 Å². The standard InChI is InChI=1S/C8H12O3/c1-4-5-6(2)11-8(10)7(3)9/h1,6-7,9H,5H2,2-3H3. The summed E-state index contributed by atoms with van der Waals surface area (Å²) in [5, 5.41) is 8.71. The molecule has 0 aromatic rings. The molecule has 0 aromatic carbocycles. The van der Waals surface area contributed by atoms with Gasteiger partial charge in [0.25, 0.3) is 0 Å². The molecule has 62 valence electrons. The highest BCUT2D eigenvalue weighted by Gasteiger charge is 2.13. The number of carbonyl (C=O) groups excluding carboxylic acids is 1. The third kappa shape index (κ3) is 4.40. The molecule has 11 heavy (non-hydrogen) atoms. The molecule has 0 rings (SSSR count). The van der Waals surface area contributed by atoms with E-state index in [0.29, 0.717) is 6.42 Å². The Morgan fingerprint density at radius 2 is 2.27 bits per heavy atom. The van der Waals surface area contributed by atoms with Gasteiger partial charge in [-0.25, -0.2) is 4.79 Å². The van der Waals surface area contributed by atoms with Crippen LogP contribution < -0.4 is 0 Å². The molecule has 0 saturated heterocycles. The second-order valence-electron chi connectivity index (χ2n) is 2.33. The van der Waals surface area contributed by atoms with Crippen molar-refractivity contribution in [3.63, 3.8) is 0 Å². The molecule has 0 heterocycles. The molecule has 0 spiro atoms. The van der Waals surface area contributed by atoms with Crippen LogP contribution in [0.25, 0.3) is 0 Å². The molecule has 0 saturated carbocycles. The SMILES string of the molecule is C#CCC(C)OC(=O)C(C)O. The van der Waals surface area contributed by atoms with Crippen molar-refractivity contribution in [3.05, 3.63) is 0 Å². The van der Waals surface area contributed by atoms with Crippen molar-refractivity contribution in [1.82, 2.24) is 0 Å². The van der Waals surface area contributed by atoms with Crippen molar-refractivity contribution in [3.8, 4) is 12.3 Å². The highest BCUT2D eigenvalue weighted by atomic mass is 16.6. The maximum atomic E-state index is 10.7. The molecule has 0 bridgehead atoms. The van der Waals surface area contributed by atoms with Gasteiger partial charge in [0.1, 0.15) is 12.2 Å². The average molecular weight is 156 g/mol. The van der Waals surface area contributed by atoms with Crippen LogP contribution in [0.4, 0.5) is 0 Å². The van der Waals surface area contributed by atoms with Crippen LogP contribution in [0.2, 0.25) is 0 Å². The minimum Gasteiger partial charge on any atom is -0.460 e. The van der Waals surface area contributed by atoms with E-state index in [0.717, 1.165) is 0 Å². The van der Waals surface area contributed by atoms with Crippen molar-refractivity contribution in [2.75, 3.05) is 0 Å². The number of esters is 1. The summed E-state index contributed by atoms with van der Waals surface area (Å²) in [5.74, 6) is 1.72. The maximum absolute atomic E-state index is 10.7. The molecule has 0 fully saturated rings. The van der Waals surface area contributed by atoms with Gasteiger partial charge in [0, 0.05) is 6.42 Å². The summed E-state index contributed by atoms with van der Waals surface area (Å²) >= 11 is 0. The van der Waals surface area contributed by atoms with E-state index in [9.17, 15) is 4.79 Å². The summed E-state index contributed by atoms with van der Waals surface area (Å²) in [5.41, 5.74) is 0. The van der Waals surface area contributed by atoms with Crippen LogP contribution >= 0.6 is 0 Å². The fourth-order valence-electron chi connectivity index (χ4n) is 0.504. The van der Waals surface area contributed by atoms with Crippen LogP contribution in [0.5, 0.6) is 0 Å². The molecule has 1 N–H and O–H groups in total. The molecule has 3 nitrogen and oxygen atoms in total. The molecule has 0 aliphatic heterocycles. The molecule has 2 atom stereocenters. The van der Waals surface area contributed by atoms with Crippen LogP contribution in [0.1, 0.15) is 20.3 Å². The van der Waals surface area contributed by atoms with E-state index in [-0.39, 0.29) is 6.10 Å². The number of terminal acetylenes is 1. The van der Waals surface area contributed by atoms with Crippen molar-refractivity contribution in [2.24, 2.45) is 0 Å². The first kappa shape index (κ1) is 9.99. The summed E-state index contributed by atoms with van der Waals surface area (Å²) in [4.78, 5) is 10.7. The second-order valence-corrected chi connectivity index (χ2v) is 2.33. The number of hydrogen-bond donors (Lipinski definition) is 1. The third-order valence-electron chi connectivity index (χ3n) is 1.06. The van der Waals surface area contributed by atoms with Gasteiger partial charge >= 0.3 is 5.97 Å². The zero-order chi connectivity index (χ0) is 8.85. The zero-order valence-electron chi connectivity index (χ0n) is 6.70. The van der Waals surface area contributed by atoms with Gasteiger partial charge < -0.3 is 9.84 Å². The number of ether oxygens (including phenoxy) is 1. The van der Waals surface area contributed by atoms with Gasteiger partial charge in [-0.15, -0.1) is 12.3 Å². The van der Waals surface area contributed by atoms with Gasteiger partial charge in [0.2, 0.25) is 0 Å². The van der Waals surface area contributed by atoms with E-state index in [1.54, 1.807) is 6.92 Å². The number of rotatable bonds is 3. The Bertz CT molecular complexity index is 167. The lowest BCUT2D eigenvalue weighted by Crippen LogP contribution is -2.23. The number of aliphatic hydroxyl groups is 1. The fourth-order valence-corrected chi connectivity index (χ4v) is 0.504. The number of hydrogen-bond acceptors (Lipinski definition) is 3. The third-order valence-corrected chi connectivity index (χ3v) is 1.06. The van der Waals surface area contributed by atoms with Gasteiger partial charge in [0.15, 0.2) is 0 Å². The lowest BCUT2D eigenvalue weighted by molar-refractivity contribution is -0.156. The maximum Gasteiger partial charge on any atom is 0.334 e. The molecule has 0 aliphatic rings. The van der Waals surface area contributed by atoms with Gasteiger partial charge in [-0.1, -0.05) is 0 Å². The second kappa shape index (κ2) is 4.75. The van der Waals surface area contributed by atoms with Crippen molar-refractivity contribution in [1.29, 1.82) is 0 Å². The summed E-state index contributed by atoms with van der Waals surface area (Å²) in [7, 11) is 0. The molecule has 0 aliphatic carbocycles. The smallest absolute Gasteiger partial charge is 0.334 e. The minimum absolute atomic E-state index is 0.318. The quantitative estimate of drug-likeness (QED) is 0.473. The van der Waals surface area contributed by atoms with Gasteiger partial charge in [-0.05, 0) is 13.8 Å². The van der Waals surface area contributed by atoms with Crippen molar-refractivity contribution < 1.29 is 14.6 Å². The Balaban J connectivity index is 3.68. The lowest BCUT2D eigenvalue weighted by atomic mass is 10.3. The van der Waals surface area contributed by atoms with E-state index < -0.39 is 12.1 Å². The first-order chi connectivity index (χ1) is 5.07. The van der Waals surface area contributed by atoms with Gasteiger partial charge in [0.05, 0.1) is 0 Å². The zero-order valence-corrected chi connectivity index (χ0v) is 6.70. The first-order valence-corrected chi connectivity index (χ1v) is 3.40. The van der Waals surface area contributed by atoms with E-state index >= 15 is 0 Å². The molecule has 2 unspecified atom stereocenters. The predicted octanol–water partition coefficient (Wildman–Crippen LogP) is 0.322. The summed E-state index contributed by atoms with van der Waals surface area (Å²) < 4.78 is 4.72. The monoisotopic (exact) mass is 156 g/mol. The predicted molar refractivity (Wildman–Crippen MR) is 40.7 cm³/mol. The van der Waals surface area contributed by atoms with Crippen molar-refractivity contribution in [2.45, 2.75) is 32.5 Å². The molecule has 0 radical (unpaired) electrons. The molecule has 0 aromatic heterocycles. The largest absolute Gasteiger partial charge is 0.460 e. The lowest BCUT2D eigenvalue weighted by Gasteiger charge is -2.11. The van der Waals surface area contributed by atoms with Crippen LogP contribution in [0.3, 0.4) is 0 Å². The molecule has 3 heteroatoms. The van der Waals surface area contributed by atoms with Crippen LogP contribution in [-0.2, 0) is 9.53 Å². The minimum atomic E-state index is -1.07. The Morgan fingerprint density at radius 3 is 2.64 bits per heavy atom. The van der Waals surface area contributed by atoms with Gasteiger partial charge in [-0.2, -0.15) is 0 Å². The van der Waals surface area contributed by atoms with Gasteiger partial charge in [-0.3, -0.25) is 0 Å². The number of aliphatic hydroxyl groups excluding tert-OH is 1. The topological polar surface area (TPSA) is 46.5 Å². The Kier molecular flexibility index (Phi) is 4.32. The first-order valence-electron chi connectivity index (χ1n) is 3.40. The van der Waals surface area contributed by atoms with Crippen molar-refractivity contribution >= 4 is 5.97 Å². The summed E-state index contributed by atoms with van der Waals surface area (Å²) in [6.07, 6.45) is 3.96. The van der Waals surface area contributed by atoms with E-state index in [1.165, 1.54) is 6.92 Å². The van der Waals surface area contributed by atoms with Crippen LogP contribution in [0, 0.1) is 12.3 Å². The summed E-state index contributed by atoms with van der Waals surface area (Å²) in [6, 6.07) is 0. The Hall–Kier alpha value is -1.01. The Morgan fingerprint density at radius 1 is 1.73 bits per heavy atom. The summed E-state index contributed by atoms with van der Waals surface area (Å²) in [6.45, 7) is 3.03. The number of carbonyl (C=O) groups is 1. The Labute approximate surface area is 66.4 Å².